The summed E-state index contributed by atoms with van der Waals surface area (Å²) in [6.45, 7) is 4.27. The van der Waals surface area contributed by atoms with Gasteiger partial charge in [0.25, 0.3) is 0 Å². The van der Waals surface area contributed by atoms with Crippen molar-refractivity contribution in [2.24, 2.45) is 0 Å². The molecule has 7 nitrogen and oxygen atoms in total. The molecule has 3 rings (SSSR count). The molecule has 0 radical (unpaired) electrons. The number of halogens is 1. The first-order valence-corrected chi connectivity index (χ1v) is 8.64. The summed E-state index contributed by atoms with van der Waals surface area (Å²) in [6.07, 6.45) is 0.216. The van der Waals surface area contributed by atoms with Crippen molar-refractivity contribution in [1.82, 2.24) is 24.4 Å². The lowest BCUT2D eigenvalue weighted by atomic mass is 10.3. The molecule has 0 aliphatic heterocycles. The van der Waals surface area contributed by atoms with Gasteiger partial charge in [-0.2, -0.15) is 4.98 Å². The van der Waals surface area contributed by atoms with E-state index in [1.807, 2.05) is 19.1 Å². The Balaban J connectivity index is 1.65. The average Bonchev–Trinajstić information content (AvgIpc) is 2.94. The molecule has 2 aromatic heterocycles. The summed E-state index contributed by atoms with van der Waals surface area (Å²) in [7, 11) is 1.71. The molecule has 136 valence electrons. The molecule has 3 aromatic rings. The molecule has 0 saturated heterocycles. The summed E-state index contributed by atoms with van der Waals surface area (Å²) >= 11 is 5.97. The van der Waals surface area contributed by atoms with E-state index in [0.29, 0.717) is 29.6 Å². The van der Waals surface area contributed by atoms with Crippen molar-refractivity contribution >= 4 is 28.5 Å². The van der Waals surface area contributed by atoms with Crippen molar-refractivity contribution in [2.45, 2.75) is 33.4 Å². The van der Waals surface area contributed by atoms with Gasteiger partial charge in [0.2, 0.25) is 5.91 Å². The number of carbonyl (C=O) groups is 1. The Morgan fingerprint density at radius 3 is 2.77 bits per heavy atom. The highest BCUT2D eigenvalue weighted by molar-refractivity contribution is 6.31. The maximum atomic E-state index is 12.4. The summed E-state index contributed by atoms with van der Waals surface area (Å²) in [5, 5.41) is 0.629. The van der Waals surface area contributed by atoms with Gasteiger partial charge in [0.1, 0.15) is 5.82 Å². The van der Waals surface area contributed by atoms with Gasteiger partial charge in [-0.05, 0) is 38.1 Å². The Morgan fingerprint density at radius 2 is 2.04 bits per heavy atom. The highest BCUT2D eigenvalue weighted by Gasteiger charge is 2.13. The van der Waals surface area contributed by atoms with E-state index >= 15 is 0 Å². The van der Waals surface area contributed by atoms with Gasteiger partial charge in [-0.3, -0.25) is 9.36 Å². The second-order valence-corrected chi connectivity index (χ2v) is 6.75. The van der Waals surface area contributed by atoms with Gasteiger partial charge < -0.3 is 9.88 Å². The molecule has 0 aliphatic carbocycles. The van der Waals surface area contributed by atoms with Gasteiger partial charge in [-0.15, -0.1) is 0 Å². The highest BCUT2D eigenvalue weighted by Crippen LogP contribution is 2.17. The number of aromatic nitrogens is 4. The zero-order valence-electron chi connectivity index (χ0n) is 14.9. The fraction of sp³-hybridized carbons (Fsp3) is 0.333. The molecule has 0 atom stereocenters. The molecular formula is C18H20ClN5O2. The number of rotatable bonds is 5. The van der Waals surface area contributed by atoms with Crippen molar-refractivity contribution in [3.63, 3.8) is 0 Å². The fourth-order valence-corrected chi connectivity index (χ4v) is 3.04. The van der Waals surface area contributed by atoms with E-state index in [1.54, 1.807) is 31.0 Å². The van der Waals surface area contributed by atoms with Crippen LogP contribution in [-0.4, -0.2) is 37.4 Å². The summed E-state index contributed by atoms with van der Waals surface area (Å²) in [4.78, 5) is 37.5. The standard InChI is InChI=1S/C18H20ClN5O2/c1-11-8-12(2)24(18(26)20-11)7-6-17(25)23(3)10-16-21-14-5-4-13(19)9-15(14)22-16/h4-5,8-9H,6-7,10H2,1-3H3,(H,21,22). The largest absolute Gasteiger partial charge is 0.347 e. The van der Waals surface area contributed by atoms with Gasteiger partial charge in [0, 0.05) is 36.4 Å². The van der Waals surface area contributed by atoms with E-state index in [-0.39, 0.29) is 18.0 Å². The molecule has 0 bridgehead atoms. The maximum absolute atomic E-state index is 12.4. The number of nitrogens with one attached hydrogen (secondary N) is 1. The minimum atomic E-state index is -0.327. The van der Waals surface area contributed by atoms with Crippen LogP contribution >= 0.6 is 11.6 Å². The number of aryl methyl sites for hydroxylation is 2. The Bertz CT molecular complexity index is 1020. The van der Waals surface area contributed by atoms with Crippen molar-refractivity contribution in [2.75, 3.05) is 7.05 Å². The van der Waals surface area contributed by atoms with Crippen molar-refractivity contribution in [1.29, 1.82) is 0 Å². The third kappa shape index (κ3) is 3.94. The summed E-state index contributed by atoms with van der Waals surface area (Å²) in [5.74, 6) is 0.610. The van der Waals surface area contributed by atoms with Gasteiger partial charge >= 0.3 is 5.69 Å². The van der Waals surface area contributed by atoms with E-state index in [1.165, 1.54) is 4.57 Å². The topological polar surface area (TPSA) is 83.9 Å². The lowest BCUT2D eigenvalue weighted by molar-refractivity contribution is -0.130. The third-order valence-electron chi connectivity index (χ3n) is 4.20. The fourth-order valence-electron chi connectivity index (χ4n) is 2.87. The first-order valence-electron chi connectivity index (χ1n) is 8.26. The third-order valence-corrected chi connectivity index (χ3v) is 4.44. The number of hydrogen-bond donors (Lipinski definition) is 1. The molecule has 1 amide bonds. The molecule has 8 heteroatoms. The Hall–Kier alpha value is -2.67. The molecular weight excluding hydrogens is 354 g/mol. The number of amides is 1. The number of nitrogens with zero attached hydrogens (tertiary/aromatic N) is 4. The second kappa shape index (κ2) is 7.29. The number of hydrogen-bond acceptors (Lipinski definition) is 4. The van der Waals surface area contributed by atoms with Crippen molar-refractivity contribution < 1.29 is 4.79 Å². The Labute approximate surface area is 155 Å². The van der Waals surface area contributed by atoms with Crippen LogP contribution in [0.25, 0.3) is 11.0 Å². The van der Waals surface area contributed by atoms with Crippen LogP contribution in [0.1, 0.15) is 23.6 Å². The molecule has 1 aromatic carbocycles. The molecule has 0 spiro atoms. The van der Waals surface area contributed by atoms with Crippen LogP contribution in [0.15, 0.2) is 29.1 Å². The second-order valence-electron chi connectivity index (χ2n) is 6.32. The van der Waals surface area contributed by atoms with Crippen LogP contribution in [0, 0.1) is 13.8 Å². The Morgan fingerprint density at radius 1 is 1.27 bits per heavy atom. The first-order chi connectivity index (χ1) is 12.3. The minimum absolute atomic E-state index is 0.0737. The number of H-pyrrole nitrogens is 1. The number of benzene rings is 1. The summed E-state index contributed by atoms with van der Waals surface area (Å²) < 4.78 is 1.52. The summed E-state index contributed by atoms with van der Waals surface area (Å²) in [6, 6.07) is 7.24. The molecule has 0 saturated carbocycles. The number of aromatic amines is 1. The zero-order chi connectivity index (χ0) is 18.8. The van der Waals surface area contributed by atoms with Gasteiger partial charge in [-0.1, -0.05) is 11.6 Å². The van der Waals surface area contributed by atoms with Crippen LogP contribution < -0.4 is 5.69 Å². The summed E-state index contributed by atoms with van der Waals surface area (Å²) in [5.41, 5.74) is 2.79. The predicted octanol–water partition coefficient (Wildman–Crippen LogP) is 2.44. The molecule has 2 heterocycles. The molecule has 0 aliphatic rings. The van der Waals surface area contributed by atoms with Crippen molar-refractivity contribution in [3.8, 4) is 0 Å². The molecule has 0 fully saturated rings. The van der Waals surface area contributed by atoms with Crippen LogP contribution in [0.4, 0.5) is 0 Å². The first kappa shape index (κ1) is 18.1. The van der Waals surface area contributed by atoms with Gasteiger partial charge in [0.05, 0.1) is 17.6 Å². The van der Waals surface area contributed by atoms with E-state index in [9.17, 15) is 9.59 Å². The molecule has 1 N–H and O–H groups in total. The lowest BCUT2D eigenvalue weighted by Crippen LogP contribution is -2.31. The number of fused-ring (bicyclic) bond motifs is 1. The van der Waals surface area contributed by atoms with Gasteiger partial charge in [-0.25, -0.2) is 9.78 Å². The van der Waals surface area contributed by atoms with E-state index in [4.69, 9.17) is 11.6 Å². The average molecular weight is 374 g/mol. The SMILES string of the molecule is Cc1cc(C)n(CCC(=O)N(C)Cc2nc3ccc(Cl)cc3[nH]2)c(=O)n1. The van der Waals surface area contributed by atoms with E-state index in [2.05, 4.69) is 15.0 Å². The van der Waals surface area contributed by atoms with Crippen LogP contribution in [0.3, 0.4) is 0 Å². The quantitative estimate of drug-likeness (QED) is 0.744. The van der Waals surface area contributed by atoms with Crippen LogP contribution in [0.2, 0.25) is 5.02 Å². The Kier molecular flexibility index (Phi) is 5.08. The smallest absolute Gasteiger partial charge is 0.340 e. The number of imidazole rings is 1. The minimum Gasteiger partial charge on any atom is -0.340 e. The monoisotopic (exact) mass is 373 g/mol. The van der Waals surface area contributed by atoms with Crippen molar-refractivity contribution in [3.05, 3.63) is 57.0 Å². The van der Waals surface area contributed by atoms with E-state index in [0.717, 1.165) is 16.7 Å². The predicted molar refractivity (Wildman–Crippen MR) is 100 cm³/mol. The van der Waals surface area contributed by atoms with Crippen LogP contribution in [-0.2, 0) is 17.9 Å². The highest BCUT2D eigenvalue weighted by atomic mass is 35.5. The normalized spacial score (nSPS) is 11.1. The lowest BCUT2D eigenvalue weighted by Gasteiger charge is -2.16. The molecule has 0 unspecified atom stereocenters. The number of carbonyl (C=O) groups excluding carboxylic acids is 1. The van der Waals surface area contributed by atoms with Gasteiger partial charge in [0.15, 0.2) is 0 Å². The molecule has 26 heavy (non-hydrogen) atoms. The zero-order valence-corrected chi connectivity index (χ0v) is 15.7. The maximum Gasteiger partial charge on any atom is 0.347 e. The van der Waals surface area contributed by atoms with E-state index < -0.39 is 0 Å². The van der Waals surface area contributed by atoms with Crippen LogP contribution in [0.5, 0.6) is 0 Å².